The zero-order chi connectivity index (χ0) is 14.7. The maximum absolute atomic E-state index is 5.86. The number of nitrogens with zero attached hydrogens (tertiary/aromatic N) is 2. The molecular formula is C15H15ClN3O2+. The number of rotatable bonds is 5. The Bertz CT molecular complexity index is 692. The van der Waals surface area contributed by atoms with E-state index in [1.165, 1.54) is 0 Å². The van der Waals surface area contributed by atoms with Gasteiger partial charge in [0.15, 0.2) is 12.3 Å². The first kappa shape index (κ1) is 13.9. The van der Waals surface area contributed by atoms with Crippen LogP contribution in [0.2, 0.25) is 5.02 Å². The van der Waals surface area contributed by atoms with Crippen molar-refractivity contribution in [2.75, 3.05) is 0 Å². The van der Waals surface area contributed by atoms with Gasteiger partial charge in [0.2, 0.25) is 5.82 Å². The van der Waals surface area contributed by atoms with Crippen LogP contribution in [0.5, 0.6) is 0 Å². The van der Waals surface area contributed by atoms with Gasteiger partial charge in [0.05, 0.1) is 6.26 Å². The van der Waals surface area contributed by atoms with Crippen LogP contribution >= 0.6 is 11.6 Å². The highest BCUT2D eigenvalue weighted by atomic mass is 35.5. The Hall–Kier alpha value is -2.11. The molecule has 6 heteroatoms. The van der Waals surface area contributed by atoms with E-state index in [1.807, 2.05) is 24.3 Å². The molecule has 3 aromatic rings. The van der Waals surface area contributed by atoms with E-state index < -0.39 is 0 Å². The zero-order valence-corrected chi connectivity index (χ0v) is 12.2. The predicted molar refractivity (Wildman–Crippen MR) is 77.5 cm³/mol. The molecule has 108 valence electrons. The third-order valence-corrected chi connectivity index (χ3v) is 3.46. The highest BCUT2D eigenvalue weighted by molar-refractivity contribution is 6.30. The molecule has 2 N–H and O–H groups in total. The average Bonchev–Trinajstić information content (AvgIpc) is 3.17. The van der Waals surface area contributed by atoms with Gasteiger partial charge >= 0.3 is 0 Å². The third kappa shape index (κ3) is 3.32. The Kier molecular flexibility index (Phi) is 4.03. The summed E-state index contributed by atoms with van der Waals surface area (Å²) in [6, 6.07) is 11.4. The number of benzene rings is 1. The lowest BCUT2D eigenvalue weighted by Crippen LogP contribution is -2.83. The molecule has 1 aromatic carbocycles. The van der Waals surface area contributed by atoms with Crippen LogP contribution in [0.25, 0.3) is 11.4 Å². The second-order valence-electron chi connectivity index (χ2n) is 4.76. The molecule has 3 rings (SSSR count). The van der Waals surface area contributed by atoms with Crippen molar-refractivity contribution in [2.24, 2.45) is 0 Å². The summed E-state index contributed by atoms with van der Waals surface area (Å²) in [5.74, 6) is 2.08. The first-order chi connectivity index (χ1) is 10.2. The molecule has 1 atom stereocenters. The summed E-state index contributed by atoms with van der Waals surface area (Å²) < 4.78 is 10.6. The predicted octanol–water partition coefficient (Wildman–Crippen LogP) is 2.81. The van der Waals surface area contributed by atoms with Gasteiger partial charge in [-0.25, -0.2) is 0 Å². The summed E-state index contributed by atoms with van der Waals surface area (Å²) in [5, 5.41) is 6.75. The van der Waals surface area contributed by atoms with Crippen LogP contribution in [0.3, 0.4) is 0 Å². The molecule has 0 aliphatic carbocycles. The van der Waals surface area contributed by atoms with Crippen molar-refractivity contribution in [1.29, 1.82) is 0 Å². The van der Waals surface area contributed by atoms with Crippen LogP contribution in [0.15, 0.2) is 51.6 Å². The van der Waals surface area contributed by atoms with Crippen LogP contribution in [-0.4, -0.2) is 10.1 Å². The molecule has 2 heterocycles. The number of hydrogen-bond donors (Lipinski definition) is 1. The molecule has 21 heavy (non-hydrogen) atoms. The van der Waals surface area contributed by atoms with Crippen molar-refractivity contribution in [3.8, 4) is 11.4 Å². The topological polar surface area (TPSA) is 68.7 Å². The summed E-state index contributed by atoms with van der Waals surface area (Å²) in [7, 11) is 0. The van der Waals surface area contributed by atoms with Crippen LogP contribution in [0.1, 0.15) is 24.6 Å². The highest BCUT2D eigenvalue weighted by Crippen LogP contribution is 2.18. The Morgan fingerprint density at radius 2 is 2.05 bits per heavy atom. The minimum absolute atomic E-state index is 0.200. The lowest BCUT2D eigenvalue weighted by molar-refractivity contribution is -0.711. The molecule has 5 nitrogen and oxygen atoms in total. The largest absolute Gasteiger partial charge is 0.463 e. The maximum Gasteiger partial charge on any atom is 0.282 e. The molecule has 0 fully saturated rings. The number of quaternary nitrogens is 1. The van der Waals surface area contributed by atoms with E-state index in [1.54, 1.807) is 18.4 Å². The van der Waals surface area contributed by atoms with Crippen LogP contribution in [-0.2, 0) is 6.54 Å². The van der Waals surface area contributed by atoms with E-state index >= 15 is 0 Å². The fourth-order valence-electron chi connectivity index (χ4n) is 2.00. The number of nitrogens with two attached hydrogens (primary N) is 1. The van der Waals surface area contributed by atoms with Crippen molar-refractivity contribution >= 4 is 11.6 Å². The minimum atomic E-state index is 0.200. The Morgan fingerprint density at radius 1 is 1.24 bits per heavy atom. The summed E-state index contributed by atoms with van der Waals surface area (Å²) in [6.07, 6.45) is 1.67. The molecular weight excluding hydrogens is 290 g/mol. The van der Waals surface area contributed by atoms with Gasteiger partial charge in [-0.1, -0.05) is 16.8 Å². The molecule has 0 aliphatic rings. The Morgan fingerprint density at radius 3 is 2.76 bits per heavy atom. The van der Waals surface area contributed by atoms with E-state index in [0.717, 1.165) is 11.3 Å². The lowest BCUT2D eigenvalue weighted by Gasteiger charge is -2.04. The number of halogens is 1. The molecule has 0 bridgehead atoms. The van der Waals surface area contributed by atoms with Gasteiger partial charge in [0.1, 0.15) is 6.04 Å². The quantitative estimate of drug-likeness (QED) is 0.787. The molecule has 0 spiro atoms. The standard InChI is InChI=1S/C15H14ClN3O2/c1-10(13-3-2-8-20-13)17-9-14-18-15(19-21-14)11-4-6-12(16)7-5-11/h2-8,10,17H,9H2,1H3/p+1/t10-/m0/s1. The second kappa shape index (κ2) is 6.11. The van der Waals surface area contributed by atoms with Crippen molar-refractivity contribution in [2.45, 2.75) is 19.5 Å². The van der Waals surface area contributed by atoms with Gasteiger partial charge in [0, 0.05) is 10.6 Å². The second-order valence-corrected chi connectivity index (χ2v) is 5.20. The van der Waals surface area contributed by atoms with Crippen molar-refractivity contribution in [3.63, 3.8) is 0 Å². The molecule has 0 amide bonds. The summed E-state index contributed by atoms with van der Waals surface area (Å²) in [6.45, 7) is 2.66. The molecule has 0 radical (unpaired) electrons. The van der Waals surface area contributed by atoms with Gasteiger partial charge in [-0.15, -0.1) is 0 Å². The van der Waals surface area contributed by atoms with Gasteiger partial charge in [-0.3, -0.25) is 0 Å². The number of aromatic nitrogens is 2. The molecule has 0 aliphatic heterocycles. The van der Waals surface area contributed by atoms with Gasteiger partial charge in [0.25, 0.3) is 5.89 Å². The van der Waals surface area contributed by atoms with Crippen LogP contribution < -0.4 is 5.32 Å². The third-order valence-electron chi connectivity index (χ3n) is 3.21. The summed E-state index contributed by atoms with van der Waals surface area (Å²) >= 11 is 5.86. The van der Waals surface area contributed by atoms with Gasteiger partial charge in [-0.05, 0) is 43.3 Å². The zero-order valence-electron chi connectivity index (χ0n) is 11.5. The van der Waals surface area contributed by atoms with E-state index in [0.29, 0.717) is 23.3 Å². The molecule has 0 saturated heterocycles. The van der Waals surface area contributed by atoms with Crippen molar-refractivity contribution in [1.82, 2.24) is 10.1 Å². The molecule has 2 aromatic heterocycles. The number of furan rings is 1. The van der Waals surface area contributed by atoms with Crippen LogP contribution in [0, 0.1) is 0 Å². The first-order valence-corrected chi connectivity index (χ1v) is 7.05. The van der Waals surface area contributed by atoms with Gasteiger partial charge in [-0.2, -0.15) is 4.98 Å². The molecule has 0 unspecified atom stereocenters. The van der Waals surface area contributed by atoms with E-state index in [4.69, 9.17) is 20.5 Å². The lowest BCUT2D eigenvalue weighted by atomic mass is 10.2. The normalized spacial score (nSPS) is 12.5. The summed E-state index contributed by atoms with van der Waals surface area (Å²) in [4.78, 5) is 4.38. The molecule has 0 saturated carbocycles. The minimum Gasteiger partial charge on any atom is -0.463 e. The average molecular weight is 305 g/mol. The first-order valence-electron chi connectivity index (χ1n) is 6.67. The van der Waals surface area contributed by atoms with Gasteiger partial charge < -0.3 is 14.3 Å². The Balaban J connectivity index is 1.64. The fraction of sp³-hybridized carbons (Fsp3) is 0.200. The monoisotopic (exact) mass is 304 g/mol. The summed E-state index contributed by atoms with van der Waals surface area (Å²) in [5.41, 5.74) is 0.883. The smallest absolute Gasteiger partial charge is 0.282 e. The van der Waals surface area contributed by atoms with Crippen molar-refractivity contribution in [3.05, 3.63) is 59.3 Å². The fourth-order valence-corrected chi connectivity index (χ4v) is 2.12. The maximum atomic E-state index is 5.86. The SMILES string of the molecule is C[C@H]([NH2+]Cc1nc(-c2ccc(Cl)cc2)no1)c1ccco1. The van der Waals surface area contributed by atoms with E-state index in [2.05, 4.69) is 22.4 Å². The Labute approximate surface area is 126 Å². The van der Waals surface area contributed by atoms with Crippen LogP contribution in [0.4, 0.5) is 0 Å². The number of hydrogen-bond acceptors (Lipinski definition) is 4. The van der Waals surface area contributed by atoms with E-state index in [9.17, 15) is 0 Å². The highest BCUT2D eigenvalue weighted by Gasteiger charge is 2.15. The van der Waals surface area contributed by atoms with E-state index in [-0.39, 0.29) is 6.04 Å². The van der Waals surface area contributed by atoms with Crippen molar-refractivity contribution < 1.29 is 14.3 Å².